The molecule has 0 fully saturated rings. The van der Waals surface area contributed by atoms with Crippen LogP contribution in [0.15, 0.2) is 66.2 Å². The Kier molecular flexibility index (Phi) is 3.71. The van der Waals surface area contributed by atoms with Crippen LogP contribution in [0, 0.1) is 5.92 Å². The second kappa shape index (κ2) is 5.54. The highest BCUT2D eigenvalue weighted by Gasteiger charge is 2.53. The number of rotatable bonds is 4. The molecule has 1 aliphatic rings. The van der Waals surface area contributed by atoms with E-state index in [4.69, 9.17) is 0 Å². The maximum Gasteiger partial charge on any atom is 0.203 e. The van der Waals surface area contributed by atoms with Gasteiger partial charge in [-0.15, -0.1) is 0 Å². The van der Waals surface area contributed by atoms with Crippen molar-refractivity contribution in [1.82, 2.24) is 0 Å². The van der Waals surface area contributed by atoms with Crippen molar-refractivity contribution in [2.75, 3.05) is 0 Å². The maximum atomic E-state index is 12.8. The second-order valence-corrected chi connectivity index (χ2v) is 6.22. The average Bonchev–Trinajstić information content (AvgIpc) is 2.55. The number of Topliss-reactive ketones (excluding diaryl/α,β-unsaturated/α-hetero) is 1. The van der Waals surface area contributed by atoms with E-state index in [1.807, 2.05) is 60.7 Å². The summed E-state index contributed by atoms with van der Waals surface area (Å²) in [6.45, 7) is 4.20. The van der Waals surface area contributed by atoms with Gasteiger partial charge in [-0.05, 0) is 29.0 Å². The Labute approximate surface area is 131 Å². The molecule has 1 unspecified atom stereocenters. The van der Waals surface area contributed by atoms with E-state index < -0.39 is 5.60 Å². The third-order valence-corrected chi connectivity index (χ3v) is 4.16. The summed E-state index contributed by atoms with van der Waals surface area (Å²) in [5.74, 6) is 0.178. The molecule has 0 aromatic heterocycles. The van der Waals surface area contributed by atoms with Gasteiger partial charge < -0.3 is 5.11 Å². The first kappa shape index (κ1) is 14.7. The Hall–Kier alpha value is -2.19. The summed E-state index contributed by atoms with van der Waals surface area (Å²) < 4.78 is 0. The molecule has 2 nitrogen and oxygen atoms in total. The molecule has 0 spiro atoms. The predicted octanol–water partition coefficient (Wildman–Crippen LogP) is 3.96. The minimum Gasteiger partial charge on any atom is -0.373 e. The molecule has 1 N–H and O–H groups in total. The van der Waals surface area contributed by atoms with Gasteiger partial charge in [0.1, 0.15) is 0 Å². The van der Waals surface area contributed by atoms with Gasteiger partial charge in [0.25, 0.3) is 0 Å². The Morgan fingerprint density at radius 2 is 1.50 bits per heavy atom. The van der Waals surface area contributed by atoms with E-state index in [9.17, 15) is 9.90 Å². The summed E-state index contributed by atoms with van der Waals surface area (Å²) in [5, 5.41) is 11.1. The minimum atomic E-state index is -1.46. The van der Waals surface area contributed by atoms with Gasteiger partial charge in [-0.1, -0.05) is 74.5 Å². The van der Waals surface area contributed by atoms with Crippen molar-refractivity contribution in [3.63, 3.8) is 0 Å². The molecule has 0 aliphatic heterocycles. The van der Waals surface area contributed by atoms with Crippen molar-refractivity contribution < 1.29 is 9.90 Å². The molecule has 0 bridgehead atoms. The first-order chi connectivity index (χ1) is 10.5. The van der Waals surface area contributed by atoms with Gasteiger partial charge in [-0.2, -0.15) is 0 Å². The molecule has 0 heterocycles. The number of carbonyl (C=O) groups is 1. The molecular weight excluding hydrogens is 272 g/mol. The summed E-state index contributed by atoms with van der Waals surface area (Å²) in [4.78, 5) is 12.8. The van der Waals surface area contributed by atoms with Crippen LogP contribution in [0.4, 0.5) is 0 Å². The smallest absolute Gasteiger partial charge is 0.203 e. The summed E-state index contributed by atoms with van der Waals surface area (Å²) >= 11 is 0. The van der Waals surface area contributed by atoms with E-state index >= 15 is 0 Å². The molecule has 1 aliphatic carbocycles. The summed E-state index contributed by atoms with van der Waals surface area (Å²) in [5.41, 5.74) is 1.61. The topological polar surface area (TPSA) is 37.3 Å². The molecule has 2 heteroatoms. The van der Waals surface area contributed by atoms with Crippen LogP contribution in [0.2, 0.25) is 0 Å². The lowest BCUT2D eigenvalue weighted by Crippen LogP contribution is -2.47. The van der Waals surface area contributed by atoms with Gasteiger partial charge in [0.2, 0.25) is 5.78 Å². The van der Waals surface area contributed by atoms with Crippen molar-refractivity contribution in [2.45, 2.75) is 25.9 Å². The SMILES string of the molecule is CC(C)CC1=C(c2ccccc2)C(=O)C1(O)c1ccccc1. The number of benzene rings is 2. The van der Waals surface area contributed by atoms with Crippen molar-refractivity contribution in [3.05, 3.63) is 77.4 Å². The summed E-state index contributed by atoms with van der Waals surface area (Å²) in [7, 11) is 0. The first-order valence-electron chi connectivity index (χ1n) is 7.67. The van der Waals surface area contributed by atoms with Crippen LogP contribution in [0.1, 0.15) is 31.4 Å². The molecule has 0 saturated carbocycles. The fourth-order valence-corrected chi connectivity index (χ4v) is 3.13. The van der Waals surface area contributed by atoms with Gasteiger partial charge in [0.15, 0.2) is 5.60 Å². The van der Waals surface area contributed by atoms with Crippen LogP contribution in [0.3, 0.4) is 0 Å². The zero-order chi connectivity index (χ0) is 15.7. The largest absolute Gasteiger partial charge is 0.373 e. The van der Waals surface area contributed by atoms with Crippen molar-refractivity contribution in [2.24, 2.45) is 5.92 Å². The van der Waals surface area contributed by atoms with Crippen LogP contribution in [0.25, 0.3) is 5.57 Å². The van der Waals surface area contributed by atoms with Crippen molar-refractivity contribution in [1.29, 1.82) is 0 Å². The normalized spacial score (nSPS) is 21.2. The van der Waals surface area contributed by atoms with Crippen LogP contribution < -0.4 is 0 Å². The Morgan fingerprint density at radius 3 is 2.05 bits per heavy atom. The highest BCUT2D eigenvalue weighted by atomic mass is 16.3. The zero-order valence-corrected chi connectivity index (χ0v) is 12.9. The van der Waals surface area contributed by atoms with Gasteiger partial charge in [-0.3, -0.25) is 4.79 Å². The van der Waals surface area contributed by atoms with Gasteiger partial charge in [0, 0.05) is 5.57 Å². The molecule has 3 rings (SSSR count). The fraction of sp³-hybridized carbons (Fsp3) is 0.250. The van der Waals surface area contributed by atoms with Crippen LogP contribution >= 0.6 is 0 Å². The van der Waals surface area contributed by atoms with Crippen LogP contribution in [-0.4, -0.2) is 10.9 Å². The van der Waals surface area contributed by atoms with E-state index in [1.165, 1.54) is 0 Å². The van der Waals surface area contributed by atoms with Crippen molar-refractivity contribution >= 4 is 11.4 Å². The monoisotopic (exact) mass is 292 g/mol. The fourth-order valence-electron chi connectivity index (χ4n) is 3.13. The molecular formula is C20H20O2. The van der Waals surface area contributed by atoms with Gasteiger partial charge >= 0.3 is 0 Å². The minimum absolute atomic E-state index is 0.194. The van der Waals surface area contributed by atoms with E-state index in [2.05, 4.69) is 13.8 Å². The lowest BCUT2D eigenvalue weighted by atomic mass is 9.64. The first-order valence-corrected chi connectivity index (χ1v) is 7.67. The van der Waals surface area contributed by atoms with E-state index in [-0.39, 0.29) is 5.78 Å². The molecule has 22 heavy (non-hydrogen) atoms. The van der Waals surface area contributed by atoms with Crippen LogP contribution in [-0.2, 0) is 10.4 Å². The molecule has 0 saturated heterocycles. The number of ketones is 1. The Bertz CT molecular complexity index is 714. The number of hydrogen-bond donors (Lipinski definition) is 1. The summed E-state index contributed by atoms with van der Waals surface area (Å²) in [6, 6.07) is 18.9. The second-order valence-electron chi connectivity index (χ2n) is 6.22. The number of hydrogen-bond acceptors (Lipinski definition) is 2. The quantitative estimate of drug-likeness (QED) is 0.926. The van der Waals surface area contributed by atoms with Crippen LogP contribution in [0.5, 0.6) is 0 Å². The third kappa shape index (κ3) is 2.20. The highest BCUT2D eigenvalue weighted by molar-refractivity contribution is 6.34. The Morgan fingerprint density at radius 1 is 0.955 bits per heavy atom. The average molecular weight is 292 g/mol. The number of carbonyl (C=O) groups excluding carboxylic acids is 1. The molecule has 0 amide bonds. The lowest BCUT2D eigenvalue weighted by molar-refractivity contribution is -0.132. The predicted molar refractivity (Wildman–Crippen MR) is 88.2 cm³/mol. The third-order valence-electron chi connectivity index (χ3n) is 4.16. The highest BCUT2D eigenvalue weighted by Crippen LogP contribution is 2.50. The molecule has 112 valence electrons. The maximum absolute atomic E-state index is 12.8. The zero-order valence-electron chi connectivity index (χ0n) is 12.9. The number of aliphatic hydroxyl groups is 1. The van der Waals surface area contributed by atoms with E-state index in [1.54, 1.807) is 0 Å². The molecule has 0 radical (unpaired) electrons. The van der Waals surface area contributed by atoms with Crippen molar-refractivity contribution in [3.8, 4) is 0 Å². The van der Waals surface area contributed by atoms with Gasteiger partial charge in [0.05, 0.1) is 0 Å². The molecule has 2 aromatic carbocycles. The lowest BCUT2D eigenvalue weighted by Gasteiger charge is -2.41. The molecule has 2 aromatic rings. The van der Waals surface area contributed by atoms with Gasteiger partial charge in [-0.25, -0.2) is 0 Å². The molecule has 1 atom stereocenters. The Balaban J connectivity index is 2.14. The van der Waals surface area contributed by atoms with E-state index in [0.717, 1.165) is 11.1 Å². The summed E-state index contributed by atoms with van der Waals surface area (Å²) in [6.07, 6.45) is 0.710. The van der Waals surface area contributed by atoms with E-state index in [0.29, 0.717) is 23.5 Å². The standard InChI is InChI=1S/C20H20O2/c1-14(2)13-17-18(15-9-5-3-6-10-15)19(21)20(17,22)16-11-7-4-8-12-16/h3-12,14,22H,13H2,1-2H3.